The lowest BCUT2D eigenvalue weighted by Crippen LogP contribution is -2.57. The molecule has 0 saturated carbocycles. The van der Waals surface area contributed by atoms with Gasteiger partial charge in [-0.1, -0.05) is 66.2 Å². The third-order valence-electron chi connectivity index (χ3n) is 6.33. The van der Waals surface area contributed by atoms with Crippen molar-refractivity contribution >= 4 is 29.5 Å². The molecule has 2 amide bonds. The molecule has 1 saturated heterocycles. The van der Waals surface area contributed by atoms with Gasteiger partial charge in [0.25, 0.3) is 0 Å². The second kappa shape index (κ2) is 11.6. The minimum atomic E-state index is -4.46. The molecule has 0 aliphatic carbocycles. The summed E-state index contributed by atoms with van der Waals surface area (Å²) >= 11 is 5.91. The number of halogens is 4. The molecule has 1 atom stereocenters. The Kier molecular flexibility index (Phi) is 8.34. The zero-order valence-electron chi connectivity index (χ0n) is 20.0. The van der Waals surface area contributed by atoms with Crippen LogP contribution in [0.5, 0.6) is 0 Å². The maximum Gasteiger partial charge on any atom is 0.416 e. The van der Waals surface area contributed by atoms with Crippen LogP contribution >= 0.6 is 11.6 Å². The summed E-state index contributed by atoms with van der Waals surface area (Å²) in [5, 5.41) is 0.590. The van der Waals surface area contributed by atoms with Gasteiger partial charge in [0, 0.05) is 24.2 Å². The molecule has 1 aliphatic heterocycles. The smallest absolute Gasteiger partial charge is 0.332 e. The summed E-state index contributed by atoms with van der Waals surface area (Å²) in [7, 11) is 0. The van der Waals surface area contributed by atoms with E-state index in [2.05, 4.69) is 0 Å². The van der Waals surface area contributed by atoms with Crippen LogP contribution in [-0.2, 0) is 28.7 Å². The molecular weight excluding hydrogens is 501 g/mol. The van der Waals surface area contributed by atoms with Gasteiger partial charge in [-0.25, -0.2) is 0 Å². The third kappa shape index (κ3) is 7.23. The topological polar surface area (TPSA) is 40.6 Å². The predicted molar refractivity (Wildman–Crippen MR) is 138 cm³/mol. The Labute approximate surface area is 219 Å². The molecule has 4 nitrogen and oxygen atoms in total. The first-order valence-corrected chi connectivity index (χ1v) is 12.3. The summed E-state index contributed by atoms with van der Waals surface area (Å²) in [5.74, 6) is -0.596. The molecule has 192 valence electrons. The van der Waals surface area contributed by atoms with Crippen LogP contribution in [0.3, 0.4) is 0 Å². The summed E-state index contributed by atoms with van der Waals surface area (Å²) in [6, 6.07) is 21.5. The molecule has 8 heteroatoms. The fraction of sp³-hybridized carbons (Fsp3) is 0.241. The van der Waals surface area contributed by atoms with Crippen LogP contribution in [0.4, 0.5) is 13.2 Å². The number of amides is 2. The van der Waals surface area contributed by atoms with Crippen LogP contribution in [0.15, 0.2) is 84.9 Å². The van der Waals surface area contributed by atoms with E-state index in [4.69, 9.17) is 11.6 Å². The van der Waals surface area contributed by atoms with Crippen molar-refractivity contribution in [2.45, 2.75) is 31.6 Å². The SMILES string of the molecule is O=C(/C=C/c1ccc(Cl)cc1)N1CC(=O)N(Cc2cccc(C(F)(F)F)c2)[C@@H](CCc2ccccc2)C1. The van der Waals surface area contributed by atoms with Crippen LogP contribution in [0.1, 0.15) is 28.7 Å². The molecule has 0 spiro atoms. The van der Waals surface area contributed by atoms with Crippen molar-refractivity contribution < 1.29 is 22.8 Å². The summed E-state index contributed by atoms with van der Waals surface area (Å²) in [4.78, 5) is 29.2. The lowest BCUT2D eigenvalue weighted by atomic mass is 10.00. The number of alkyl halides is 3. The molecule has 0 bridgehead atoms. The third-order valence-corrected chi connectivity index (χ3v) is 6.59. The van der Waals surface area contributed by atoms with Crippen LogP contribution in [0.25, 0.3) is 6.08 Å². The Balaban J connectivity index is 1.52. The number of nitrogens with zero attached hydrogens (tertiary/aromatic N) is 2. The monoisotopic (exact) mass is 526 g/mol. The number of hydrogen-bond acceptors (Lipinski definition) is 2. The van der Waals surface area contributed by atoms with Gasteiger partial charge in [-0.3, -0.25) is 9.59 Å². The first-order valence-electron chi connectivity index (χ1n) is 11.9. The van der Waals surface area contributed by atoms with E-state index in [1.54, 1.807) is 41.3 Å². The molecule has 1 heterocycles. The maximum absolute atomic E-state index is 13.2. The highest BCUT2D eigenvalue weighted by Crippen LogP contribution is 2.30. The Bertz CT molecular complexity index is 1260. The van der Waals surface area contributed by atoms with Crippen molar-refractivity contribution in [2.75, 3.05) is 13.1 Å². The van der Waals surface area contributed by atoms with Gasteiger partial charge >= 0.3 is 6.18 Å². The van der Waals surface area contributed by atoms with Gasteiger partial charge in [0.05, 0.1) is 11.6 Å². The lowest BCUT2D eigenvalue weighted by molar-refractivity contribution is -0.147. The van der Waals surface area contributed by atoms with Crippen LogP contribution < -0.4 is 0 Å². The predicted octanol–water partition coefficient (Wildman–Crippen LogP) is 6.24. The number of rotatable bonds is 7. The van der Waals surface area contributed by atoms with Crippen LogP contribution in [-0.4, -0.2) is 40.7 Å². The molecule has 37 heavy (non-hydrogen) atoms. The molecule has 3 aromatic rings. The van der Waals surface area contributed by atoms with E-state index in [-0.39, 0.29) is 30.9 Å². The summed E-state index contributed by atoms with van der Waals surface area (Å²) < 4.78 is 39.7. The summed E-state index contributed by atoms with van der Waals surface area (Å²) in [5.41, 5.74) is 1.53. The highest BCUT2D eigenvalue weighted by atomic mass is 35.5. The zero-order valence-corrected chi connectivity index (χ0v) is 20.8. The Morgan fingerprint density at radius 2 is 1.68 bits per heavy atom. The molecule has 3 aromatic carbocycles. The number of aryl methyl sites for hydroxylation is 1. The van der Waals surface area contributed by atoms with E-state index in [1.165, 1.54) is 17.0 Å². The standard InChI is InChI=1S/C29H26ClF3N2O2/c30-25-13-9-22(10-14-25)12-16-27(36)34-19-26(15-11-21-5-2-1-3-6-21)35(28(37)20-34)18-23-7-4-8-24(17-23)29(31,32)33/h1-10,12-14,16-17,26H,11,15,18-20H2/b16-12+/t26-/m0/s1. The van der Waals surface area contributed by atoms with E-state index < -0.39 is 11.7 Å². The molecule has 0 N–H and O–H groups in total. The average Bonchev–Trinajstić information content (AvgIpc) is 2.88. The largest absolute Gasteiger partial charge is 0.416 e. The van der Waals surface area contributed by atoms with Crippen molar-refractivity contribution in [3.8, 4) is 0 Å². The quantitative estimate of drug-likeness (QED) is 0.342. The molecule has 1 aliphatic rings. The van der Waals surface area contributed by atoms with Gasteiger partial charge in [-0.2, -0.15) is 13.2 Å². The van der Waals surface area contributed by atoms with Gasteiger partial charge in [0.1, 0.15) is 6.54 Å². The summed E-state index contributed by atoms with van der Waals surface area (Å²) in [6.45, 7) is 0.205. The van der Waals surface area contributed by atoms with Crippen LogP contribution in [0.2, 0.25) is 5.02 Å². The van der Waals surface area contributed by atoms with Crippen molar-refractivity contribution in [3.05, 3.63) is 112 Å². The first kappa shape index (κ1) is 26.5. The van der Waals surface area contributed by atoms with E-state index >= 15 is 0 Å². The molecule has 4 rings (SSSR count). The van der Waals surface area contributed by atoms with E-state index in [0.717, 1.165) is 23.3 Å². The maximum atomic E-state index is 13.2. The van der Waals surface area contributed by atoms with Gasteiger partial charge in [-0.15, -0.1) is 0 Å². The second-order valence-electron chi connectivity index (χ2n) is 9.00. The number of hydrogen-bond donors (Lipinski definition) is 0. The molecule has 0 aromatic heterocycles. The fourth-order valence-electron chi connectivity index (χ4n) is 4.38. The number of carbonyl (C=O) groups is 2. The number of carbonyl (C=O) groups excluding carboxylic acids is 2. The van der Waals surface area contributed by atoms with Gasteiger partial charge in [0.15, 0.2) is 0 Å². The highest BCUT2D eigenvalue weighted by Gasteiger charge is 2.35. The number of piperazine rings is 1. The van der Waals surface area contributed by atoms with Crippen LogP contribution in [0, 0.1) is 0 Å². The van der Waals surface area contributed by atoms with E-state index in [9.17, 15) is 22.8 Å². The van der Waals surface area contributed by atoms with Crippen molar-refractivity contribution in [1.82, 2.24) is 9.80 Å². The normalized spacial score (nSPS) is 16.4. The Morgan fingerprint density at radius 3 is 2.38 bits per heavy atom. The average molecular weight is 527 g/mol. The van der Waals surface area contributed by atoms with Gasteiger partial charge < -0.3 is 9.80 Å². The number of benzene rings is 3. The van der Waals surface area contributed by atoms with E-state index in [0.29, 0.717) is 30.0 Å². The minimum Gasteiger partial charge on any atom is -0.332 e. The zero-order chi connectivity index (χ0) is 26.4. The van der Waals surface area contributed by atoms with Crippen molar-refractivity contribution in [3.63, 3.8) is 0 Å². The molecular formula is C29H26ClF3N2O2. The van der Waals surface area contributed by atoms with Gasteiger partial charge in [0.2, 0.25) is 11.8 Å². The first-order chi connectivity index (χ1) is 17.7. The second-order valence-corrected chi connectivity index (χ2v) is 9.44. The van der Waals surface area contributed by atoms with Gasteiger partial charge in [-0.05, 0) is 59.9 Å². The minimum absolute atomic E-state index is 0.0465. The summed E-state index contributed by atoms with van der Waals surface area (Å²) in [6.07, 6.45) is -0.140. The highest BCUT2D eigenvalue weighted by molar-refractivity contribution is 6.30. The molecule has 0 unspecified atom stereocenters. The van der Waals surface area contributed by atoms with E-state index in [1.807, 2.05) is 30.3 Å². The lowest BCUT2D eigenvalue weighted by Gasteiger charge is -2.41. The fourth-order valence-corrected chi connectivity index (χ4v) is 4.50. The molecule has 1 fully saturated rings. The van der Waals surface area contributed by atoms with Crippen molar-refractivity contribution in [2.24, 2.45) is 0 Å². The Hall–Kier alpha value is -3.58. The molecule has 0 radical (unpaired) electrons. The Morgan fingerprint density at radius 1 is 0.973 bits per heavy atom. The van der Waals surface area contributed by atoms with Crippen molar-refractivity contribution in [1.29, 1.82) is 0 Å².